The summed E-state index contributed by atoms with van der Waals surface area (Å²) in [4.78, 5) is 13.9. The molecule has 1 saturated heterocycles. The van der Waals surface area contributed by atoms with Crippen LogP contribution in [-0.2, 0) is 4.79 Å². The first-order valence-corrected chi connectivity index (χ1v) is 7.15. The van der Waals surface area contributed by atoms with Crippen molar-refractivity contribution in [2.45, 2.75) is 51.9 Å². The van der Waals surface area contributed by atoms with Crippen LogP contribution in [0, 0.1) is 5.92 Å². The minimum absolute atomic E-state index is 0.355. The monoisotopic (exact) mass is 245 g/mol. The van der Waals surface area contributed by atoms with Gasteiger partial charge in [-0.1, -0.05) is 19.8 Å². The molecule has 94 valence electrons. The van der Waals surface area contributed by atoms with Gasteiger partial charge in [-0.25, -0.2) is 0 Å². The summed E-state index contributed by atoms with van der Waals surface area (Å²) in [6.45, 7) is 4.10. The smallest absolute Gasteiger partial charge is 0.222 e. The first-order chi connectivity index (χ1) is 7.77. The molecule has 0 spiro atoms. The van der Waals surface area contributed by atoms with Crippen molar-refractivity contribution >= 4 is 17.5 Å². The van der Waals surface area contributed by atoms with Crippen LogP contribution >= 0.6 is 11.6 Å². The minimum atomic E-state index is 0.355. The molecule has 0 aromatic carbocycles. The first-order valence-electron chi connectivity index (χ1n) is 6.61. The average molecular weight is 246 g/mol. The molecule has 0 aliphatic carbocycles. The highest BCUT2D eigenvalue weighted by atomic mass is 35.5. The van der Waals surface area contributed by atoms with E-state index in [-0.39, 0.29) is 0 Å². The number of carbonyl (C=O) groups excluding carboxylic acids is 1. The number of hydrogen-bond acceptors (Lipinski definition) is 1. The van der Waals surface area contributed by atoms with Crippen LogP contribution in [0.2, 0.25) is 0 Å². The zero-order chi connectivity index (χ0) is 11.8. The van der Waals surface area contributed by atoms with E-state index in [2.05, 4.69) is 6.92 Å². The van der Waals surface area contributed by atoms with Crippen LogP contribution in [0.5, 0.6) is 0 Å². The summed E-state index contributed by atoms with van der Waals surface area (Å²) in [7, 11) is 0. The Hall–Kier alpha value is -0.240. The van der Waals surface area contributed by atoms with E-state index in [1.807, 2.05) is 4.90 Å². The second kappa shape index (κ2) is 7.94. The third-order valence-corrected chi connectivity index (χ3v) is 3.70. The lowest BCUT2D eigenvalue weighted by Crippen LogP contribution is -2.31. The zero-order valence-electron chi connectivity index (χ0n) is 10.4. The lowest BCUT2D eigenvalue weighted by Gasteiger charge is -2.20. The van der Waals surface area contributed by atoms with Crippen LogP contribution in [0.1, 0.15) is 51.9 Å². The molecular weight excluding hydrogens is 222 g/mol. The lowest BCUT2D eigenvalue weighted by atomic mass is 9.96. The van der Waals surface area contributed by atoms with E-state index in [0.717, 1.165) is 44.7 Å². The van der Waals surface area contributed by atoms with Crippen molar-refractivity contribution in [1.82, 2.24) is 4.90 Å². The Morgan fingerprint density at radius 1 is 1.38 bits per heavy atom. The first kappa shape index (κ1) is 13.8. The van der Waals surface area contributed by atoms with Gasteiger partial charge in [0.15, 0.2) is 0 Å². The van der Waals surface area contributed by atoms with Crippen molar-refractivity contribution in [1.29, 1.82) is 0 Å². The lowest BCUT2D eigenvalue weighted by molar-refractivity contribution is -0.130. The summed E-state index contributed by atoms with van der Waals surface area (Å²) in [6.07, 6.45) is 7.63. The molecule has 1 unspecified atom stereocenters. The molecule has 2 nitrogen and oxygen atoms in total. The topological polar surface area (TPSA) is 20.3 Å². The van der Waals surface area contributed by atoms with E-state index in [0.29, 0.717) is 11.8 Å². The fourth-order valence-electron chi connectivity index (χ4n) is 2.42. The summed E-state index contributed by atoms with van der Waals surface area (Å²) in [5.74, 6) is 1.83. The predicted molar refractivity (Wildman–Crippen MR) is 68.8 cm³/mol. The number of likely N-dealkylation sites (tertiary alicyclic amines) is 1. The van der Waals surface area contributed by atoms with Crippen molar-refractivity contribution in [3.63, 3.8) is 0 Å². The summed E-state index contributed by atoms with van der Waals surface area (Å²) in [6, 6.07) is 0. The van der Waals surface area contributed by atoms with Crippen LogP contribution in [-0.4, -0.2) is 29.8 Å². The molecule has 0 N–H and O–H groups in total. The van der Waals surface area contributed by atoms with Crippen molar-refractivity contribution in [3.8, 4) is 0 Å². The van der Waals surface area contributed by atoms with Gasteiger partial charge in [0.2, 0.25) is 5.91 Å². The Labute approximate surface area is 104 Å². The number of nitrogens with zero attached hydrogens (tertiary/aromatic N) is 1. The number of halogens is 1. The number of alkyl halides is 1. The second-order valence-corrected chi connectivity index (χ2v) is 5.14. The largest absolute Gasteiger partial charge is 0.343 e. The maximum absolute atomic E-state index is 11.9. The van der Waals surface area contributed by atoms with E-state index < -0.39 is 0 Å². The van der Waals surface area contributed by atoms with Crippen molar-refractivity contribution in [2.75, 3.05) is 19.0 Å². The minimum Gasteiger partial charge on any atom is -0.343 e. The van der Waals surface area contributed by atoms with Gasteiger partial charge in [0.1, 0.15) is 0 Å². The molecule has 0 saturated carbocycles. The van der Waals surface area contributed by atoms with Crippen LogP contribution < -0.4 is 0 Å². The van der Waals surface area contributed by atoms with Crippen molar-refractivity contribution in [2.24, 2.45) is 5.92 Å². The van der Waals surface area contributed by atoms with Gasteiger partial charge in [-0.15, -0.1) is 11.6 Å². The molecule has 3 heteroatoms. The molecule has 0 aromatic heterocycles. The molecule has 16 heavy (non-hydrogen) atoms. The number of amides is 1. The molecule has 0 radical (unpaired) electrons. The molecule has 0 aromatic rings. The predicted octanol–water partition coefficient (Wildman–Crippen LogP) is 3.43. The van der Waals surface area contributed by atoms with Gasteiger partial charge in [-0.2, -0.15) is 0 Å². The zero-order valence-corrected chi connectivity index (χ0v) is 11.1. The molecular formula is C13H24ClNO. The van der Waals surface area contributed by atoms with Crippen LogP contribution in [0.25, 0.3) is 0 Å². The number of rotatable bonds is 6. The second-order valence-electron chi connectivity index (χ2n) is 4.76. The average Bonchev–Trinajstić information content (AvgIpc) is 2.45. The van der Waals surface area contributed by atoms with E-state index in [1.54, 1.807) is 0 Å². The SMILES string of the molecule is CCCC1CCC(=O)N(CCCCCl)CC1. The standard InChI is InChI=1S/C13H24ClNO/c1-2-5-12-6-7-13(16)15(11-8-12)10-4-3-9-14/h12H,2-11H2,1H3. The third kappa shape index (κ3) is 4.73. The van der Waals surface area contributed by atoms with E-state index in [9.17, 15) is 4.79 Å². The normalized spacial score (nSPS) is 22.2. The summed E-state index contributed by atoms with van der Waals surface area (Å²) >= 11 is 5.65. The summed E-state index contributed by atoms with van der Waals surface area (Å²) in [5.41, 5.74) is 0. The van der Waals surface area contributed by atoms with E-state index in [4.69, 9.17) is 11.6 Å². The molecule has 1 fully saturated rings. The van der Waals surface area contributed by atoms with Crippen LogP contribution in [0.15, 0.2) is 0 Å². The molecule has 1 heterocycles. The molecule has 1 rings (SSSR count). The van der Waals surface area contributed by atoms with Gasteiger partial charge in [-0.3, -0.25) is 4.79 Å². The molecule has 0 bridgehead atoms. The maximum Gasteiger partial charge on any atom is 0.222 e. The van der Waals surface area contributed by atoms with Gasteiger partial charge in [-0.05, 0) is 31.6 Å². The van der Waals surface area contributed by atoms with Crippen molar-refractivity contribution in [3.05, 3.63) is 0 Å². The van der Waals surface area contributed by atoms with Gasteiger partial charge >= 0.3 is 0 Å². The molecule has 1 atom stereocenters. The number of hydrogen-bond donors (Lipinski definition) is 0. The fourth-order valence-corrected chi connectivity index (χ4v) is 2.61. The van der Waals surface area contributed by atoms with E-state index in [1.165, 1.54) is 19.3 Å². The van der Waals surface area contributed by atoms with Crippen LogP contribution in [0.4, 0.5) is 0 Å². The quantitative estimate of drug-likeness (QED) is 0.519. The van der Waals surface area contributed by atoms with Crippen LogP contribution in [0.3, 0.4) is 0 Å². The van der Waals surface area contributed by atoms with E-state index >= 15 is 0 Å². The number of unbranched alkanes of at least 4 members (excludes halogenated alkanes) is 1. The molecule has 1 aliphatic rings. The number of carbonyl (C=O) groups is 1. The highest BCUT2D eigenvalue weighted by Crippen LogP contribution is 2.22. The van der Waals surface area contributed by atoms with Crippen molar-refractivity contribution < 1.29 is 4.79 Å². The Bertz CT molecular complexity index is 208. The molecule has 1 aliphatic heterocycles. The highest BCUT2D eigenvalue weighted by Gasteiger charge is 2.21. The molecule has 1 amide bonds. The highest BCUT2D eigenvalue weighted by molar-refractivity contribution is 6.17. The van der Waals surface area contributed by atoms with Gasteiger partial charge in [0.05, 0.1) is 0 Å². The van der Waals surface area contributed by atoms with Gasteiger partial charge in [0.25, 0.3) is 0 Å². The fraction of sp³-hybridized carbons (Fsp3) is 0.923. The Kier molecular flexibility index (Phi) is 6.86. The maximum atomic E-state index is 11.9. The Balaban J connectivity index is 2.32. The Morgan fingerprint density at radius 3 is 2.88 bits per heavy atom. The van der Waals surface area contributed by atoms with Gasteiger partial charge in [0, 0.05) is 25.4 Å². The summed E-state index contributed by atoms with van der Waals surface area (Å²) < 4.78 is 0. The Morgan fingerprint density at radius 2 is 2.19 bits per heavy atom. The third-order valence-electron chi connectivity index (χ3n) is 3.44. The van der Waals surface area contributed by atoms with Gasteiger partial charge < -0.3 is 4.90 Å². The summed E-state index contributed by atoms with van der Waals surface area (Å²) in [5, 5.41) is 0.